The molecule has 116 valence electrons. The highest BCUT2D eigenvalue weighted by atomic mass is 16.5. The van der Waals surface area contributed by atoms with Crippen LogP contribution in [-0.2, 0) is 22.7 Å². The maximum atomic E-state index is 12.3. The molecule has 0 atom stereocenters. The van der Waals surface area contributed by atoms with Crippen molar-refractivity contribution in [3.05, 3.63) is 23.4 Å². The fourth-order valence-electron chi connectivity index (χ4n) is 2.45. The van der Waals surface area contributed by atoms with Crippen LogP contribution in [0.3, 0.4) is 0 Å². The third-order valence-corrected chi connectivity index (χ3v) is 3.61. The molecule has 21 heavy (non-hydrogen) atoms. The van der Waals surface area contributed by atoms with Gasteiger partial charge in [0.25, 0.3) is 0 Å². The van der Waals surface area contributed by atoms with Gasteiger partial charge in [-0.2, -0.15) is 4.98 Å². The monoisotopic (exact) mass is 293 g/mol. The molecule has 1 aliphatic carbocycles. The van der Waals surface area contributed by atoms with E-state index in [1.54, 1.807) is 12.0 Å². The summed E-state index contributed by atoms with van der Waals surface area (Å²) in [5.74, 6) is 1.08. The van der Waals surface area contributed by atoms with Gasteiger partial charge in [0, 0.05) is 20.1 Å². The molecule has 2 rings (SSSR count). The Morgan fingerprint density at radius 2 is 2.33 bits per heavy atom. The zero-order chi connectivity index (χ0) is 15.1. The molecule has 0 fully saturated rings. The number of hydrogen-bond acceptors (Lipinski definition) is 5. The van der Waals surface area contributed by atoms with Crippen LogP contribution in [0.1, 0.15) is 50.7 Å². The highest BCUT2D eigenvalue weighted by Crippen LogP contribution is 2.21. The third kappa shape index (κ3) is 4.67. The van der Waals surface area contributed by atoms with Gasteiger partial charge in [0.15, 0.2) is 5.82 Å². The summed E-state index contributed by atoms with van der Waals surface area (Å²) in [4.78, 5) is 18.3. The number of carbonyl (C=O) groups excluding carboxylic acids is 1. The smallest absolute Gasteiger partial charge is 0.246 e. The second-order valence-corrected chi connectivity index (χ2v) is 5.23. The Bertz CT molecular complexity index is 496. The lowest BCUT2D eigenvalue weighted by Gasteiger charge is -2.20. The van der Waals surface area contributed by atoms with E-state index in [9.17, 15) is 4.79 Å². The molecule has 1 aromatic heterocycles. The molecule has 1 amide bonds. The van der Waals surface area contributed by atoms with Gasteiger partial charge in [-0.1, -0.05) is 16.8 Å². The predicted octanol–water partition coefficient (Wildman–Crippen LogP) is 2.46. The van der Waals surface area contributed by atoms with Gasteiger partial charge in [-0.3, -0.25) is 4.79 Å². The zero-order valence-corrected chi connectivity index (χ0v) is 12.8. The first kappa shape index (κ1) is 15.7. The summed E-state index contributed by atoms with van der Waals surface area (Å²) in [6.07, 6.45) is 7.28. The van der Waals surface area contributed by atoms with Crippen molar-refractivity contribution >= 4 is 5.91 Å². The standard InChI is InChI=1S/C15H23N3O3/c1-3-18(10-14-16-13(11-20-2)17-21-14)15(19)9-12-7-5-4-6-8-12/h7H,3-6,8-11H2,1-2H3. The first-order chi connectivity index (χ1) is 10.2. The Labute approximate surface area is 125 Å². The van der Waals surface area contributed by atoms with E-state index in [1.165, 1.54) is 18.4 Å². The third-order valence-electron chi connectivity index (χ3n) is 3.61. The minimum atomic E-state index is 0.122. The number of amides is 1. The van der Waals surface area contributed by atoms with Gasteiger partial charge < -0.3 is 14.2 Å². The van der Waals surface area contributed by atoms with Crippen LogP contribution < -0.4 is 0 Å². The number of carbonyl (C=O) groups is 1. The Hall–Kier alpha value is -1.69. The van der Waals surface area contributed by atoms with Gasteiger partial charge in [0.05, 0.1) is 6.54 Å². The maximum Gasteiger partial charge on any atom is 0.246 e. The summed E-state index contributed by atoms with van der Waals surface area (Å²) in [6.45, 7) is 3.27. The number of nitrogens with zero attached hydrogens (tertiary/aromatic N) is 3. The lowest BCUT2D eigenvalue weighted by atomic mass is 9.97. The highest BCUT2D eigenvalue weighted by molar-refractivity contribution is 5.78. The summed E-state index contributed by atoms with van der Waals surface area (Å²) in [5.41, 5.74) is 1.26. The molecule has 0 spiro atoms. The molecule has 1 heterocycles. The van der Waals surface area contributed by atoms with Crippen LogP contribution in [0.25, 0.3) is 0 Å². The van der Waals surface area contributed by atoms with Crippen molar-refractivity contribution in [1.82, 2.24) is 15.0 Å². The lowest BCUT2D eigenvalue weighted by Crippen LogP contribution is -2.30. The Balaban J connectivity index is 1.91. The summed E-state index contributed by atoms with van der Waals surface area (Å²) >= 11 is 0. The molecule has 0 saturated heterocycles. The van der Waals surface area contributed by atoms with E-state index in [0.717, 1.165) is 12.8 Å². The molecule has 6 nitrogen and oxygen atoms in total. The van der Waals surface area contributed by atoms with E-state index >= 15 is 0 Å². The van der Waals surface area contributed by atoms with E-state index < -0.39 is 0 Å². The molecule has 0 saturated carbocycles. The van der Waals surface area contributed by atoms with Gasteiger partial charge in [-0.05, 0) is 32.6 Å². The average molecular weight is 293 g/mol. The summed E-state index contributed by atoms with van der Waals surface area (Å²) in [6, 6.07) is 0. The van der Waals surface area contributed by atoms with Gasteiger partial charge in [0.1, 0.15) is 6.61 Å². The van der Waals surface area contributed by atoms with Crippen LogP contribution in [0.5, 0.6) is 0 Å². The van der Waals surface area contributed by atoms with Crippen molar-refractivity contribution in [3.8, 4) is 0 Å². The minimum Gasteiger partial charge on any atom is -0.377 e. The fraction of sp³-hybridized carbons (Fsp3) is 0.667. The van der Waals surface area contributed by atoms with Crippen LogP contribution in [-0.4, -0.2) is 34.6 Å². The fourth-order valence-corrected chi connectivity index (χ4v) is 2.45. The Morgan fingerprint density at radius 3 is 3.00 bits per heavy atom. The van der Waals surface area contributed by atoms with Gasteiger partial charge >= 0.3 is 0 Å². The molecule has 0 aliphatic heterocycles. The second kappa shape index (κ2) is 7.93. The van der Waals surface area contributed by atoms with Crippen molar-refractivity contribution in [3.63, 3.8) is 0 Å². The Morgan fingerprint density at radius 1 is 1.48 bits per heavy atom. The number of aromatic nitrogens is 2. The Kier molecular flexibility index (Phi) is 5.92. The van der Waals surface area contributed by atoms with Crippen molar-refractivity contribution in [1.29, 1.82) is 0 Å². The molecular weight excluding hydrogens is 270 g/mol. The van der Waals surface area contributed by atoms with Gasteiger partial charge in [0.2, 0.25) is 11.8 Å². The second-order valence-electron chi connectivity index (χ2n) is 5.23. The van der Waals surface area contributed by atoms with Crippen molar-refractivity contribution in [2.75, 3.05) is 13.7 Å². The van der Waals surface area contributed by atoms with Crippen molar-refractivity contribution < 1.29 is 14.1 Å². The topological polar surface area (TPSA) is 68.5 Å². The van der Waals surface area contributed by atoms with E-state index in [0.29, 0.717) is 37.8 Å². The number of rotatable bonds is 7. The van der Waals surface area contributed by atoms with E-state index in [4.69, 9.17) is 9.26 Å². The van der Waals surface area contributed by atoms with E-state index in [-0.39, 0.29) is 5.91 Å². The largest absolute Gasteiger partial charge is 0.377 e. The van der Waals surface area contributed by atoms with Gasteiger partial charge in [-0.15, -0.1) is 0 Å². The van der Waals surface area contributed by atoms with Crippen LogP contribution in [0, 0.1) is 0 Å². The minimum absolute atomic E-state index is 0.122. The number of hydrogen-bond donors (Lipinski definition) is 0. The van der Waals surface area contributed by atoms with Crippen molar-refractivity contribution in [2.45, 2.75) is 52.2 Å². The number of allylic oxidation sites excluding steroid dienone is 1. The zero-order valence-electron chi connectivity index (χ0n) is 12.8. The van der Waals surface area contributed by atoms with Crippen LogP contribution in [0.2, 0.25) is 0 Å². The molecule has 0 aromatic carbocycles. The van der Waals surface area contributed by atoms with Crippen LogP contribution >= 0.6 is 0 Å². The maximum absolute atomic E-state index is 12.3. The van der Waals surface area contributed by atoms with E-state index in [1.807, 2.05) is 6.92 Å². The normalized spacial score (nSPS) is 14.9. The van der Waals surface area contributed by atoms with E-state index in [2.05, 4.69) is 16.2 Å². The SMILES string of the molecule is CCN(Cc1nc(COC)no1)C(=O)CC1=CCCCC1. The van der Waals surface area contributed by atoms with Crippen LogP contribution in [0.4, 0.5) is 0 Å². The molecule has 1 aromatic rings. The predicted molar refractivity (Wildman–Crippen MR) is 77.3 cm³/mol. The molecule has 1 aliphatic rings. The summed E-state index contributed by atoms with van der Waals surface area (Å²) in [7, 11) is 1.58. The number of ether oxygens (including phenoxy) is 1. The van der Waals surface area contributed by atoms with Crippen molar-refractivity contribution in [2.24, 2.45) is 0 Å². The summed E-state index contributed by atoms with van der Waals surface area (Å²) in [5, 5.41) is 3.81. The summed E-state index contributed by atoms with van der Waals surface area (Å²) < 4.78 is 10.1. The molecular formula is C15H23N3O3. The number of methoxy groups -OCH3 is 1. The molecule has 0 radical (unpaired) electrons. The van der Waals surface area contributed by atoms with Crippen LogP contribution in [0.15, 0.2) is 16.2 Å². The molecule has 0 N–H and O–H groups in total. The molecule has 6 heteroatoms. The quantitative estimate of drug-likeness (QED) is 0.722. The van der Waals surface area contributed by atoms with Gasteiger partial charge in [-0.25, -0.2) is 0 Å². The molecule has 0 unspecified atom stereocenters. The first-order valence-corrected chi connectivity index (χ1v) is 7.49. The molecule has 0 bridgehead atoms. The average Bonchev–Trinajstić information content (AvgIpc) is 2.93. The lowest BCUT2D eigenvalue weighted by molar-refractivity contribution is -0.131. The highest BCUT2D eigenvalue weighted by Gasteiger charge is 2.18. The first-order valence-electron chi connectivity index (χ1n) is 7.49.